The Morgan fingerprint density at radius 3 is 2.20 bits per heavy atom. The summed E-state index contributed by atoms with van der Waals surface area (Å²) >= 11 is 0. The first-order valence-corrected chi connectivity index (χ1v) is 15.4. The lowest BCUT2D eigenvalue weighted by atomic mass is 9.42. The molecule has 1 heterocycles. The Labute approximate surface area is 243 Å². The molecule has 5 fully saturated rings. The number of carboxylic acids is 1. The zero-order chi connectivity index (χ0) is 29.9. The molecule has 41 heavy (non-hydrogen) atoms. The van der Waals surface area contributed by atoms with Gasteiger partial charge in [0, 0.05) is 26.5 Å². The molecule has 1 aliphatic heterocycles. The average molecular weight is 580 g/mol. The van der Waals surface area contributed by atoms with Gasteiger partial charge in [0.15, 0.2) is 18.5 Å². The molecule has 13 atom stereocenters. The van der Waals surface area contributed by atoms with Gasteiger partial charge in [-0.3, -0.25) is 14.4 Å². The molecule has 0 unspecified atom stereocenters. The lowest BCUT2D eigenvalue weighted by Crippen LogP contribution is -2.67. The van der Waals surface area contributed by atoms with Crippen molar-refractivity contribution in [2.75, 3.05) is 7.11 Å². The molecule has 5 aliphatic rings. The summed E-state index contributed by atoms with van der Waals surface area (Å²) in [6.45, 7) is 9.02. The van der Waals surface area contributed by atoms with E-state index in [1.54, 1.807) is 6.92 Å². The highest BCUT2D eigenvalue weighted by molar-refractivity contribution is 5.72. The van der Waals surface area contributed by atoms with Crippen LogP contribution in [0.15, 0.2) is 0 Å². The maximum Gasteiger partial charge on any atom is 0.307 e. The highest BCUT2D eigenvalue weighted by Crippen LogP contribution is 2.68. The monoisotopic (exact) mass is 579 g/mol. The Balaban J connectivity index is 1.30. The van der Waals surface area contributed by atoms with Gasteiger partial charge >= 0.3 is 17.9 Å². The van der Waals surface area contributed by atoms with Crippen LogP contribution in [-0.2, 0) is 38.1 Å². The second-order valence-electron chi connectivity index (χ2n) is 14.0. The number of hydrogen-bond donors (Lipinski definition) is 2. The van der Waals surface area contributed by atoms with Crippen molar-refractivity contribution in [3.63, 3.8) is 0 Å². The van der Waals surface area contributed by atoms with Crippen LogP contribution in [0.3, 0.4) is 0 Å². The van der Waals surface area contributed by atoms with Gasteiger partial charge < -0.3 is 34.5 Å². The largest absolute Gasteiger partial charge is 0.481 e. The lowest BCUT2D eigenvalue weighted by molar-refractivity contribution is -0.316. The molecule has 10 heteroatoms. The molecule has 5 rings (SSSR count). The second-order valence-corrected chi connectivity index (χ2v) is 14.0. The number of carboxylic acid groups (broad SMARTS) is 1. The number of aliphatic carboxylic acids is 1. The third-order valence-electron chi connectivity index (χ3n) is 12.2. The van der Waals surface area contributed by atoms with Gasteiger partial charge in [0.25, 0.3) is 0 Å². The number of rotatable bonds is 6. The highest BCUT2D eigenvalue weighted by Gasteiger charge is 2.67. The molecule has 0 aromatic heterocycles. The molecule has 0 amide bonds. The zero-order valence-corrected chi connectivity index (χ0v) is 25.4. The maximum absolute atomic E-state index is 12.1. The number of ether oxygens (including phenoxy) is 5. The molecule has 0 radical (unpaired) electrons. The van der Waals surface area contributed by atoms with Crippen molar-refractivity contribution >= 4 is 17.9 Å². The molecule has 0 bridgehead atoms. The standard InChI is InChI=1S/C31H49NO9/c1-16-24(39-17(2)33)25(37-6)26(40-18(3)34)28(38-16)41-20-9-12-29(4)19(15-20)7-8-22-21(29)10-13-30(5)23(27(35)36)11-14-31(22,30)32/h16,19-26,28H,7-15,32H2,1-6H3,(H,35,36)/t16-,19-,20+,21+,22-,23-,24-,25+,26+,28-,29+,30-,31+/m1/s1. The lowest BCUT2D eigenvalue weighted by Gasteiger charge is -2.64. The van der Waals surface area contributed by atoms with E-state index in [1.807, 2.05) is 0 Å². The first kappa shape index (κ1) is 30.7. The van der Waals surface area contributed by atoms with E-state index in [0.29, 0.717) is 24.2 Å². The van der Waals surface area contributed by atoms with Crippen molar-refractivity contribution in [2.45, 2.75) is 135 Å². The Kier molecular flexibility index (Phi) is 8.29. The van der Waals surface area contributed by atoms with Crippen molar-refractivity contribution in [1.82, 2.24) is 0 Å². The third kappa shape index (κ3) is 5.00. The van der Waals surface area contributed by atoms with E-state index in [4.69, 9.17) is 29.4 Å². The van der Waals surface area contributed by atoms with Crippen LogP contribution in [0.25, 0.3) is 0 Å². The van der Waals surface area contributed by atoms with Crippen molar-refractivity contribution < 1.29 is 43.2 Å². The number of methoxy groups -OCH3 is 1. The molecule has 0 aromatic rings. The van der Waals surface area contributed by atoms with Crippen LogP contribution in [0.1, 0.15) is 92.4 Å². The van der Waals surface area contributed by atoms with Crippen LogP contribution in [0.5, 0.6) is 0 Å². The summed E-state index contributed by atoms with van der Waals surface area (Å²) in [5.41, 5.74) is 6.59. The van der Waals surface area contributed by atoms with Gasteiger partial charge in [-0.25, -0.2) is 0 Å². The van der Waals surface area contributed by atoms with E-state index >= 15 is 0 Å². The van der Waals surface area contributed by atoms with Crippen molar-refractivity contribution in [3.8, 4) is 0 Å². The summed E-state index contributed by atoms with van der Waals surface area (Å²) in [7, 11) is 1.50. The van der Waals surface area contributed by atoms with Crippen molar-refractivity contribution in [3.05, 3.63) is 0 Å². The predicted octanol–water partition coefficient (Wildman–Crippen LogP) is 3.82. The van der Waals surface area contributed by atoms with Gasteiger partial charge in [0.1, 0.15) is 6.10 Å². The Morgan fingerprint density at radius 1 is 0.878 bits per heavy atom. The molecule has 10 nitrogen and oxygen atoms in total. The predicted molar refractivity (Wildman–Crippen MR) is 147 cm³/mol. The van der Waals surface area contributed by atoms with Gasteiger partial charge in [0.2, 0.25) is 0 Å². The first-order chi connectivity index (χ1) is 19.2. The van der Waals surface area contributed by atoms with Gasteiger partial charge in [0.05, 0.1) is 18.1 Å². The van der Waals surface area contributed by atoms with Gasteiger partial charge in [-0.1, -0.05) is 13.8 Å². The van der Waals surface area contributed by atoms with Crippen molar-refractivity contribution in [1.29, 1.82) is 0 Å². The van der Waals surface area contributed by atoms with E-state index < -0.39 is 54.2 Å². The Morgan fingerprint density at radius 2 is 1.56 bits per heavy atom. The van der Waals surface area contributed by atoms with E-state index in [9.17, 15) is 19.5 Å². The molecule has 0 spiro atoms. The maximum atomic E-state index is 12.1. The van der Waals surface area contributed by atoms with Crippen LogP contribution in [0, 0.1) is 34.5 Å². The quantitative estimate of drug-likeness (QED) is 0.352. The Bertz CT molecular complexity index is 1040. The van der Waals surface area contributed by atoms with Crippen molar-refractivity contribution in [2.24, 2.45) is 40.2 Å². The summed E-state index contributed by atoms with van der Waals surface area (Å²) < 4.78 is 29.5. The smallest absolute Gasteiger partial charge is 0.307 e. The highest BCUT2D eigenvalue weighted by atomic mass is 16.7. The van der Waals surface area contributed by atoms with Crippen LogP contribution in [0.4, 0.5) is 0 Å². The topological polar surface area (TPSA) is 144 Å². The van der Waals surface area contributed by atoms with E-state index in [0.717, 1.165) is 51.4 Å². The summed E-state index contributed by atoms with van der Waals surface area (Å²) in [5.74, 6) is -0.756. The fourth-order valence-electron chi connectivity index (χ4n) is 10.0. The first-order valence-electron chi connectivity index (χ1n) is 15.4. The summed E-state index contributed by atoms with van der Waals surface area (Å²) in [4.78, 5) is 35.9. The molecule has 4 aliphatic carbocycles. The Hall–Kier alpha value is -1.75. The number of esters is 2. The molecule has 1 saturated heterocycles. The van der Waals surface area contributed by atoms with Crippen LogP contribution >= 0.6 is 0 Å². The van der Waals surface area contributed by atoms with Crippen LogP contribution in [-0.4, -0.2) is 72.5 Å². The number of carbonyl (C=O) groups excluding carboxylic acids is 2. The van der Waals surface area contributed by atoms with Gasteiger partial charge in [-0.05, 0) is 93.3 Å². The summed E-state index contributed by atoms with van der Waals surface area (Å²) in [6, 6.07) is 0. The van der Waals surface area contributed by atoms with Gasteiger partial charge in [-0.15, -0.1) is 0 Å². The number of fused-ring (bicyclic) bond motifs is 5. The number of carbonyl (C=O) groups is 3. The van der Waals surface area contributed by atoms with Gasteiger partial charge in [-0.2, -0.15) is 0 Å². The van der Waals surface area contributed by atoms with E-state index in [1.165, 1.54) is 21.0 Å². The zero-order valence-electron chi connectivity index (χ0n) is 25.4. The number of nitrogens with two attached hydrogens (primary N) is 1. The molecular weight excluding hydrogens is 530 g/mol. The minimum atomic E-state index is -0.875. The minimum Gasteiger partial charge on any atom is -0.481 e. The summed E-state index contributed by atoms with van der Waals surface area (Å²) in [5, 5.41) is 9.96. The van der Waals surface area contributed by atoms with Crippen LogP contribution in [0.2, 0.25) is 0 Å². The molecular formula is C31H49NO9. The third-order valence-corrected chi connectivity index (χ3v) is 12.2. The average Bonchev–Trinajstić information content (AvgIpc) is 3.17. The minimum absolute atomic E-state index is 0.0776. The molecule has 0 aromatic carbocycles. The van der Waals surface area contributed by atoms with E-state index in [-0.39, 0.29) is 22.9 Å². The number of hydrogen-bond acceptors (Lipinski definition) is 9. The molecule has 232 valence electrons. The molecule has 4 saturated carbocycles. The van der Waals surface area contributed by atoms with Crippen LogP contribution < -0.4 is 5.73 Å². The molecule has 3 N–H and O–H groups in total. The summed E-state index contributed by atoms with van der Waals surface area (Å²) in [6.07, 6.45) is 4.34. The normalized spacial score (nSPS) is 49.2. The second kappa shape index (κ2) is 11.1. The van der Waals surface area contributed by atoms with E-state index in [2.05, 4.69) is 13.8 Å². The fourth-order valence-corrected chi connectivity index (χ4v) is 10.0. The SMILES string of the molecule is CO[C@@H]1[C@H](OC(C)=O)[C@@H](O[C@H]2CC[C@@]3(C)[C@H](CC[C@@H]4[C@@H]3CC[C@]3(C)[C@@H](C(=O)O)CC[C@]43N)C2)O[C@H](C)[C@H]1OC(C)=O. The fraction of sp³-hybridized carbons (Fsp3) is 0.903.